The van der Waals surface area contributed by atoms with Gasteiger partial charge in [-0.2, -0.15) is 17.0 Å². The van der Waals surface area contributed by atoms with Crippen LogP contribution in [0, 0.1) is 11.3 Å². The van der Waals surface area contributed by atoms with E-state index in [0.29, 0.717) is 18.1 Å². The highest BCUT2D eigenvalue weighted by Crippen LogP contribution is 2.24. The molecule has 0 aliphatic carbocycles. The van der Waals surface area contributed by atoms with Gasteiger partial charge >= 0.3 is 5.97 Å². The number of thioether (sulfide) groups is 1. The average Bonchev–Trinajstić information content (AvgIpc) is 2.38. The Morgan fingerprint density at radius 3 is 3.06 bits per heavy atom. The van der Waals surface area contributed by atoms with E-state index in [4.69, 9.17) is 10.4 Å². The minimum absolute atomic E-state index is 0.172. The molecule has 0 saturated carbocycles. The van der Waals surface area contributed by atoms with Crippen molar-refractivity contribution in [2.75, 3.05) is 23.0 Å². The number of rotatable bonds is 2. The van der Waals surface area contributed by atoms with E-state index in [1.165, 1.54) is 12.4 Å². The fraction of sp³-hybridized carbons (Fsp3) is 0.400. The molecule has 0 radical (unpaired) electrons. The molecule has 0 amide bonds. The number of aromatic nitrogens is 2. The molecule has 2 rings (SSSR count). The summed E-state index contributed by atoms with van der Waals surface area (Å²) in [5.41, 5.74) is 0.172. The number of carbonyl (C=O) groups is 1. The third kappa shape index (κ3) is 2.31. The lowest BCUT2D eigenvalue weighted by Crippen LogP contribution is -2.48. The Labute approximate surface area is 102 Å². The van der Waals surface area contributed by atoms with E-state index < -0.39 is 12.0 Å². The van der Waals surface area contributed by atoms with E-state index >= 15 is 0 Å². The van der Waals surface area contributed by atoms with E-state index in [1.807, 2.05) is 6.07 Å². The van der Waals surface area contributed by atoms with Crippen molar-refractivity contribution in [2.45, 2.75) is 6.04 Å². The van der Waals surface area contributed by atoms with Gasteiger partial charge in [0.15, 0.2) is 11.5 Å². The zero-order chi connectivity index (χ0) is 12.3. The van der Waals surface area contributed by atoms with Crippen LogP contribution < -0.4 is 4.90 Å². The molecule has 1 N–H and O–H groups in total. The molecule has 0 spiro atoms. The zero-order valence-electron chi connectivity index (χ0n) is 8.91. The standard InChI is InChI=1S/C10H10N4O2S/c11-5-7-9(13-2-1-12-7)14-3-4-17-6-8(14)10(15)16/h1-2,8H,3-4,6H2,(H,15,16). The Balaban J connectivity index is 2.36. The van der Waals surface area contributed by atoms with Crippen LogP contribution in [-0.2, 0) is 4.79 Å². The van der Waals surface area contributed by atoms with Crippen LogP contribution in [0.15, 0.2) is 12.4 Å². The fourth-order valence-corrected chi connectivity index (χ4v) is 2.72. The van der Waals surface area contributed by atoms with Gasteiger partial charge in [0.05, 0.1) is 0 Å². The van der Waals surface area contributed by atoms with E-state index in [0.717, 1.165) is 5.75 Å². The topological polar surface area (TPSA) is 90.1 Å². The summed E-state index contributed by atoms with van der Waals surface area (Å²) >= 11 is 1.59. The molecule has 1 aliphatic rings. The van der Waals surface area contributed by atoms with Crippen molar-refractivity contribution in [3.8, 4) is 6.07 Å². The van der Waals surface area contributed by atoms with Crippen molar-refractivity contribution >= 4 is 23.5 Å². The van der Waals surface area contributed by atoms with Crippen LogP contribution in [0.3, 0.4) is 0 Å². The Hall–Kier alpha value is -1.81. The van der Waals surface area contributed by atoms with Crippen molar-refractivity contribution in [3.05, 3.63) is 18.1 Å². The second kappa shape index (κ2) is 5.01. The number of nitrogens with zero attached hydrogens (tertiary/aromatic N) is 4. The number of hydrogen-bond acceptors (Lipinski definition) is 6. The second-order valence-electron chi connectivity index (χ2n) is 3.46. The molecule has 1 atom stereocenters. The molecule has 1 fully saturated rings. The van der Waals surface area contributed by atoms with Gasteiger partial charge in [-0.3, -0.25) is 0 Å². The van der Waals surface area contributed by atoms with Gasteiger partial charge < -0.3 is 10.0 Å². The first-order valence-corrected chi connectivity index (χ1v) is 6.18. The van der Waals surface area contributed by atoms with Gasteiger partial charge in [-0.25, -0.2) is 14.8 Å². The van der Waals surface area contributed by atoms with Gasteiger partial charge in [0.1, 0.15) is 12.1 Å². The van der Waals surface area contributed by atoms with E-state index in [2.05, 4.69) is 9.97 Å². The van der Waals surface area contributed by atoms with Gasteiger partial charge in [-0.15, -0.1) is 0 Å². The first-order chi connectivity index (χ1) is 8.24. The Morgan fingerprint density at radius 2 is 2.35 bits per heavy atom. The van der Waals surface area contributed by atoms with Gasteiger partial charge in [0.25, 0.3) is 0 Å². The molecular formula is C10H10N4O2S. The summed E-state index contributed by atoms with van der Waals surface area (Å²) in [5.74, 6) is 0.789. The summed E-state index contributed by atoms with van der Waals surface area (Å²) in [6.45, 7) is 0.564. The van der Waals surface area contributed by atoms with E-state index in [1.54, 1.807) is 16.7 Å². The summed E-state index contributed by atoms with van der Waals surface area (Å²) in [5, 5.41) is 18.1. The molecule has 1 aromatic heterocycles. The lowest BCUT2D eigenvalue weighted by Gasteiger charge is -2.33. The minimum atomic E-state index is -0.897. The monoisotopic (exact) mass is 250 g/mol. The number of carboxylic acids is 1. The molecule has 1 saturated heterocycles. The van der Waals surface area contributed by atoms with Crippen LogP contribution >= 0.6 is 11.8 Å². The van der Waals surface area contributed by atoms with Crippen LogP contribution in [0.1, 0.15) is 5.69 Å². The highest BCUT2D eigenvalue weighted by molar-refractivity contribution is 7.99. The van der Waals surface area contributed by atoms with Crippen molar-refractivity contribution in [2.24, 2.45) is 0 Å². The molecule has 1 aromatic rings. The summed E-state index contributed by atoms with van der Waals surface area (Å²) in [7, 11) is 0. The summed E-state index contributed by atoms with van der Waals surface area (Å²) in [6, 6.07) is 1.30. The first-order valence-electron chi connectivity index (χ1n) is 5.02. The quantitative estimate of drug-likeness (QED) is 0.810. The molecule has 17 heavy (non-hydrogen) atoms. The highest BCUT2D eigenvalue weighted by atomic mass is 32.2. The molecule has 88 valence electrons. The zero-order valence-corrected chi connectivity index (χ0v) is 9.72. The summed E-state index contributed by atoms with van der Waals surface area (Å²) < 4.78 is 0. The molecule has 2 heterocycles. The maximum Gasteiger partial charge on any atom is 0.327 e. The predicted octanol–water partition coefficient (Wildman–Crippen LogP) is 0.355. The fourth-order valence-electron chi connectivity index (χ4n) is 1.68. The van der Waals surface area contributed by atoms with Gasteiger partial charge in [-0.05, 0) is 0 Å². The van der Waals surface area contributed by atoms with Crippen molar-refractivity contribution in [1.29, 1.82) is 5.26 Å². The maximum atomic E-state index is 11.2. The molecule has 7 heteroatoms. The van der Waals surface area contributed by atoms with Gasteiger partial charge in [-0.1, -0.05) is 0 Å². The number of hydrogen-bond donors (Lipinski definition) is 1. The van der Waals surface area contributed by atoms with Crippen molar-refractivity contribution in [3.63, 3.8) is 0 Å². The van der Waals surface area contributed by atoms with Gasteiger partial charge in [0, 0.05) is 30.4 Å². The van der Waals surface area contributed by atoms with Crippen LogP contribution in [0.2, 0.25) is 0 Å². The van der Waals surface area contributed by atoms with Crippen LogP contribution in [0.25, 0.3) is 0 Å². The number of anilines is 1. The number of aliphatic carboxylic acids is 1. The first kappa shape index (κ1) is 11.7. The molecular weight excluding hydrogens is 240 g/mol. The SMILES string of the molecule is N#Cc1nccnc1N1CCSCC1C(=O)O. The van der Waals surface area contributed by atoms with Crippen molar-refractivity contribution in [1.82, 2.24) is 9.97 Å². The minimum Gasteiger partial charge on any atom is -0.480 e. The Kier molecular flexibility index (Phi) is 3.44. The Bertz CT molecular complexity index is 474. The Morgan fingerprint density at radius 1 is 1.59 bits per heavy atom. The molecule has 1 unspecified atom stereocenters. The van der Waals surface area contributed by atoms with Crippen LogP contribution in [0.4, 0.5) is 5.82 Å². The normalized spacial score (nSPS) is 19.7. The summed E-state index contributed by atoms with van der Waals surface area (Å²) in [4.78, 5) is 20.8. The molecule has 6 nitrogen and oxygen atoms in total. The molecule has 1 aliphatic heterocycles. The van der Waals surface area contributed by atoms with Crippen molar-refractivity contribution < 1.29 is 9.90 Å². The highest BCUT2D eigenvalue weighted by Gasteiger charge is 2.31. The smallest absolute Gasteiger partial charge is 0.327 e. The molecule has 0 bridgehead atoms. The lowest BCUT2D eigenvalue weighted by atomic mass is 10.2. The second-order valence-corrected chi connectivity index (χ2v) is 4.61. The lowest BCUT2D eigenvalue weighted by molar-refractivity contribution is -0.138. The predicted molar refractivity (Wildman–Crippen MR) is 62.8 cm³/mol. The van der Waals surface area contributed by atoms with E-state index in [9.17, 15) is 4.79 Å². The van der Waals surface area contributed by atoms with Crippen LogP contribution in [-0.4, -0.2) is 45.1 Å². The number of nitriles is 1. The number of carboxylic acid groups (broad SMARTS) is 1. The molecule has 0 aromatic carbocycles. The third-order valence-electron chi connectivity index (χ3n) is 2.47. The summed E-state index contributed by atoms with van der Waals surface area (Å²) in [6.07, 6.45) is 2.90. The third-order valence-corrected chi connectivity index (χ3v) is 3.49. The van der Waals surface area contributed by atoms with Crippen LogP contribution in [0.5, 0.6) is 0 Å². The van der Waals surface area contributed by atoms with E-state index in [-0.39, 0.29) is 5.69 Å². The van der Waals surface area contributed by atoms with Gasteiger partial charge in [0.2, 0.25) is 0 Å². The average molecular weight is 250 g/mol. The largest absolute Gasteiger partial charge is 0.480 e. The maximum absolute atomic E-state index is 11.2.